The van der Waals surface area contributed by atoms with Gasteiger partial charge in [0.2, 0.25) is 40.8 Å². The van der Waals surface area contributed by atoms with E-state index >= 15 is 0 Å². The maximum Gasteiger partial charge on any atom is 0.411 e. The van der Waals surface area contributed by atoms with Gasteiger partial charge in [-0.2, -0.15) is 5.48 Å². The summed E-state index contributed by atoms with van der Waals surface area (Å²) < 4.78 is 79.6. The highest BCUT2D eigenvalue weighted by atomic mass is 127. The molecule has 3 aromatic rings. The van der Waals surface area contributed by atoms with Gasteiger partial charge in [-0.1, -0.05) is 89.1 Å². The van der Waals surface area contributed by atoms with E-state index in [-0.39, 0.29) is 109 Å². The van der Waals surface area contributed by atoms with Gasteiger partial charge in [-0.25, -0.2) is 19.2 Å². The number of fused-ring (bicyclic) bond motifs is 2. The zero-order valence-electron chi connectivity index (χ0n) is 75.1. The molecule has 4 aliphatic heterocycles. The molecule has 4 saturated heterocycles. The number of carboxylic acids is 1. The predicted octanol–water partition coefficient (Wildman–Crippen LogP) is 4.37. The standard InChI is InChI=1S/C88H117IN10O30S3/c1-14-99(87(114)122-41-49-25-29-51(30-26-49)94-78(106)55(23-21-36-92-85(91)112)95-80(108)66(43(2)3)96-79(107)54(93-48(8)100)22-18-20-35-90)56-42-121-61(39-60(56)116-9)127-75-70(104)67(98-129-62-38-57(101)77(47(7)123-62)131-82(111)63-44(4)65(89)73(76(119-12)72(63)117-10)128-83-71(105)74(118-11)69(103)46(6)125-83)45(5)124-84(75)126-59-24-17-15-16-19-34-88(115)40-58(102)68(97-86(113)120-13)64(59)53(88)33-37-130-132-52-31-27-50(28-32-52)81(109)110/h15-16,25-33,43,45-47,54-57,59-62,66-67,69-71,74-75,77,83-84,98,101,103-105,115H,14,18,20-23,35-42,90H2,1-13H3,(H,93,100)(H,94,106)(H,95,108)(H,96,107)(H,97,113)(H,109,110)(H3,91,92,112)/b16-15?,53-33+/t45-,46+,47-,54+,55+,56+,57+,59+,60+,61+,62+,66+,67-,69+,70+,71-,74-,75-,77-,83+,84+,88+/m1/s1. The fourth-order valence-electron chi connectivity index (χ4n) is 15.5. The Balaban J connectivity index is 0.934. The summed E-state index contributed by atoms with van der Waals surface area (Å²) in [4.78, 5) is 142. The summed E-state index contributed by atoms with van der Waals surface area (Å²) in [5.74, 6) is 6.67. The number of benzene rings is 3. The zero-order chi connectivity index (χ0) is 96.5. The molecule has 4 fully saturated rings. The number of nitrogens with zero attached hydrogens (tertiary/aromatic N) is 1. The van der Waals surface area contributed by atoms with Crippen LogP contribution in [0.4, 0.5) is 20.1 Å². The number of unbranched alkanes of at least 4 members (excludes halogenated alkanes) is 1. The van der Waals surface area contributed by atoms with Crippen molar-refractivity contribution in [2.24, 2.45) is 17.4 Å². The number of aromatic carboxylic acids is 1. The second-order valence-corrected chi connectivity index (χ2v) is 36.6. The van der Waals surface area contributed by atoms with E-state index in [0.717, 1.165) is 18.9 Å². The Bertz CT molecular complexity index is 4770. The predicted molar refractivity (Wildman–Crippen MR) is 488 cm³/mol. The minimum atomic E-state index is -2.27. The number of methoxy groups -OCH3 is 5. The van der Waals surface area contributed by atoms with E-state index in [2.05, 4.69) is 61.1 Å². The number of nitrogens with two attached hydrogens (primary N) is 2. The summed E-state index contributed by atoms with van der Waals surface area (Å²) in [6.45, 7) is 12.8. The van der Waals surface area contributed by atoms with Crippen molar-refractivity contribution in [2.75, 3.05) is 72.9 Å². The maximum atomic E-state index is 14.7. The summed E-state index contributed by atoms with van der Waals surface area (Å²) >= 11 is 2.73. The number of hydrogen-bond donors (Lipinski definition) is 15. The minimum absolute atomic E-state index is 0.0198. The molecule has 132 heavy (non-hydrogen) atoms. The van der Waals surface area contributed by atoms with Crippen molar-refractivity contribution in [1.29, 1.82) is 0 Å². The Labute approximate surface area is 789 Å². The SMILES string of the molecule is CCN(C(=O)OCc1ccc(NC(=O)[C@H](CCCNC(N)=O)NC(=O)[C@@H](NC(=O)[C@H](CCCCN)NC(C)=O)C(C)C)cc1)[C@H]1CO[C@@H](O[C@H]2[C@H](O[C@H]3C#CC=CC#C[C@]4(O)CC(=O)C(NC(=O)OC)=C3/C4=C\CSSc3ccc(C(=O)O)cc3)O[C@H](C)[C@@H](NO[C@H]3C[C@H](O)[C@H](SC(=O)c4c(C)c(I)c(O[C@@H]5O[C@@H](C)[C@H](O)[C@@H](OC)[C@H]5O)c(OC)c4OC)[C@@H](C)O3)[C@@H]2O)C[C@@H]1OC. The van der Waals surface area contributed by atoms with Crippen molar-refractivity contribution in [2.45, 2.75) is 252 Å². The number of likely N-dealkylation sites (N-methyl/N-ethyl adjacent to an activating group) is 1. The summed E-state index contributed by atoms with van der Waals surface area (Å²) in [6.07, 6.45) is -16.7. The highest BCUT2D eigenvalue weighted by Gasteiger charge is 2.53. The topological polar surface area (TPSA) is 561 Å². The van der Waals surface area contributed by atoms with E-state index in [1.807, 2.05) is 22.6 Å². The molecule has 9 rings (SSSR count). The lowest BCUT2D eigenvalue weighted by Crippen LogP contribution is -2.65. The van der Waals surface area contributed by atoms with Crippen LogP contribution in [0.5, 0.6) is 17.2 Å². The lowest BCUT2D eigenvalue weighted by atomic mass is 9.75. The van der Waals surface area contributed by atoms with E-state index in [1.54, 1.807) is 90.9 Å². The molecule has 17 N–H and O–H groups in total. The van der Waals surface area contributed by atoms with Crippen LogP contribution in [0.1, 0.15) is 132 Å². The van der Waals surface area contributed by atoms with Crippen LogP contribution in [-0.4, -0.2) is 295 Å². The molecule has 22 atom stereocenters. The number of urea groups is 1. The molecule has 724 valence electrons. The summed E-state index contributed by atoms with van der Waals surface area (Å²) in [6, 6.07) is 6.18. The largest absolute Gasteiger partial charge is 0.492 e. The number of allylic oxidation sites excluding steroid dienone is 3. The summed E-state index contributed by atoms with van der Waals surface area (Å²) in [5.41, 5.74) is 12.2. The second-order valence-electron chi connectivity index (χ2n) is 31.9. The number of amides is 8. The van der Waals surface area contributed by atoms with Crippen LogP contribution in [-0.2, 0) is 82.8 Å². The molecule has 2 bridgehead atoms. The van der Waals surface area contributed by atoms with Gasteiger partial charge in [0.1, 0.15) is 61.4 Å². The van der Waals surface area contributed by atoms with E-state index in [9.17, 15) is 78.6 Å². The van der Waals surface area contributed by atoms with Crippen molar-refractivity contribution >= 4 is 120 Å². The molecule has 2 aliphatic carbocycles. The van der Waals surface area contributed by atoms with Gasteiger partial charge in [-0.15, -0.1) is 0 Å². The smallest absolute Gasteiger partial charge is 0.411 e. The van der Waals surface area contributed by atoms with Crippen LogP contribution in [0, 0.1) is 40.1 Å². The summed E-state index contributed by atoms with van der Waals surface area (Å²) in [7, 11) is 8.99. The average molecular weight is 2020 g/mol. The van der Waals surface area contributed by atoms with Crippen LogP contribution >= 0.6 is 55.9 Å². The third kappa shape index (κ3) is 27.9. The molecule has 44 heteroatoms. The van der Waals surface area contributed by atoms with Crippen molar-refractivity contribution in [3.05, 3.63) is 109 Å². The highest BCUT2D eigenvalue weighted by molar-refractivity contribution is 14.1. The second kappa shape index (κ2) is 50.6. The Kier molecular flexibility index (Phi) is 40.9. The number of rotatable bonds is 41. The fourth-order valence-corrected chi connectivity index (χ4v) is 19.1. The number of nitrogens with one attached hydrogen (secondary N) is 7. The number of thioether (sulfide) groups is 1. The van der Waals surface area contributed by atoms with Gasteiger partial charge in [0.25, 0.3) is 0 Å². The van der Waals surface area contributed by atoms with Crippen molar-refractivity contribution in [3.63, 3.8) is 0 Å². The van der Waals surface area contributed by atoms with Gasteiger partial charge in [0, 0.05) is 74.6 Å². The Morgan fingerprint density at radius 1 is 0.765 bits per heavy atom. The van der Waals surface area contributed by atoms with Crippen molar-refractivity contribution < 1.29 is 145 Å². The number of Topliss-reactive ketones (excluding diaryl/α,β-unsaturated/α-hetero) is 1. The number of anilines is 1. The van der Waals surface area contributed by atoms with Crippen molar-refractivity contribution in [3.8, 4) is 40.9 Å². The fraction of sp³-hybridized carbons (Fsp3) is 0.568. The maximum absolute atomic E-state index is 14.7. The van der Waals surface area contributed by atoms with E-state index in [0.29, 0.717) is 39.0 Å². The average Bonchev–Trinajstić information content (AvgIpc) is 0.751. The monoisotopic (exact) mass is 2020 g/mol. The van der Waals surface area contributed by atoms with Crippen LogP contribution in [0.2, 0.25) is 0 Å². The Hall–Kier alpha value is -8.96. The van der Waals surface area contributed by atoms with Gasteiger partial charge in [-0.05, 0) is 161 Å². The normalized spacial score (nSPS) is 27.3. The molecular formula is C88H117IN10O30S3. The van der Waals surface area contributed by atoms with Gasteiger partial charge in [-0.3, -0.25) is 38.9 Å². The van der Waals surface area contributed by atoms with Crippen LogP contribution in [0.15, 0.2) is 88.5 Å². The quantitative estimate of drug-likeness (QED) is 0.0123. The molecule has 0 saturated carbocycles. The number of carboxylic acid groups (broad SMARTS) is 1. The molecule has 8 amide bonds. The van der Waals surface area contributed by atoms with Gasteiger partial charge < -0.3 is 135 Å². The lowest BCUT2D eigenvalue weighted by Gasteiger charge is -2.47. The van der Waals surface area contributed by atoms with Crippen molar-refractivity contribution in [1.82, 2.24) is 37.0 Å². The number of ketones is 1. The number of alkyl carbamates (subject to hydrolysis) is 1. The molecule has 0 radical (unpaired) electrons. The van der Waals surface area contributed by atoms with Crippen LogP contribution in [0.3, 0.4) is 0 Å². The third-order valence-corrected chi connectivity index (χ3v) is 27.4. The van der Waals surface area contributed by atoms with E-state index < -0.39 is 210 Å². The van der Waals surface area contributed by atoms with Crippen LogP contribution in [0.25, 0.3) is 0 Å². The van der Waals surface area contributed by atoms with Crippen LogP contribution < -0.4 is 63.1 Å². The molecule has 3 aromatic carbocycles. The number of carbonyl (C=O) groups excluding carboxylic acids is 9. The highest BCUT2D eigenvalue weighted by Crippen LogP contribution is 2.50. The number of hydroxylamine groups is 1. The minimum Gasteiger partial charge on any atom is -0.492 e. The molecule has 6 aliphatic rings. The first-order chi connectivity index (χ1) is 62.9. The van der Waals surface area contributed by atoms with E-state index in [1.165, 1.54) is 86.1 Å². The molecule has 0 spiro atoms. The first kappa shape index (κ1) is 107. The first-order valence-corrected chi connectivity index (χ1v) is 46.9. The molecular weight excluding hydrogens is 1900 g/mol. The molecule has 0 aromatic heterocycles. The number of primary amides is 1. The summed E-state index contributed by atoms with van der Waals surface area (Å²) in [5, 5.41) is 83.4. The Morgan fingerprint density at radius 3 is 2.09 bits per heavy atom. The molecule has 4 heterocycles. The number of halogens is 1. The number of carbonyl (C=O) groups is 10. The third-order valence-electron chi connectivity index (χ3n) is 22.5. The number of hydrogen-bond acceptors (Lipinski definition) is 34. The van der Waals surface area contributed by atoms with Gasteiger partial charge >= 0.3 is 24.2 Å². The number of ether oxygens (including phenoxy) is 13. The Morgan fingerprint density at radius 2 is 1.45 bits per heavy atom. The zero-order valence-corrected chi connectivity index (χ0v) is 79.7. The molecule has 40 nitrogen and oxygen atoms in total. The first-order valence-electron chi connectivity index (χ1n) is 42.6. The molecule has 0 unspecified atom stereocenters. The number of aliphatic hydroxyl groups is 5. The lowest BCUT2D eigenvalue weighted by molar-refractivity contribution is -0.337. The van der Waals surface area contributed by atoms with E-state index in [4.69, 9.17) is 77.9 Å². The number of aliphatic hydroxyl groups excluding tert-OH is 4. The van der Waals surface area contributed by atoms with Gasteiger partial charge in [0.15, 0.2) is 41.8 Å². The van der Waals surface area contributed by atoms with Gasteiger partial charge in [0.05, 0.1) is 103 Å².